The predicted octanol–water partition coefficient (Wildman–Crippen LogP) is 3.68. The Labute approximate surface area is 166 Å². The van der Waals surface area contributed by atoms with E-state index in [9.17, 15) is 4.79 Å². The fraction of sp³-hybridized carbons (Fsp3) is 0.143. The highest BCUT2D eigenvalue weighted by molar-refractivity contribution is 6.04. The summed E-state index contributed by atoms with van der Waals surface area (Å²) in [5.41, 5.74) is 2.30. The van der Waals surface area contributed by atoms with Crippen molar-refractivity contribution < 1.29 is 14.3 Å². The number of carbonyl (C=O) groups excluding carboxylic acids is 1. The van der Waals surface area contributed by atoms with Crippen LogP contribution in [0.3, 0.4) is 0 Å². The number of hydrogen-bond donors (Lipinski definition) is 2. The lowest BCUT2D eigenvalue weighted by molar-refractivity contribution is 0.102. The number of H-pyrrole nitrogens is 1. The minimum atomic E-state index is -0.372. The molecule has 2 N–H and O–H groups in total. The zero-order valence-corrected chi connectivity index (χ0v) is 16.0. The second kappa shape index (κ2) is 7.97. The normalized spacial score (nSPS) is 10.7. The number of anilines is 1. The fourth-order valence-electron chi connectivity index (χ4n) is 2.93. The maximum atomic E-state index is 12.7. The lowest BCUT2D eigenvalue weighted by Crippen LogP contribution is -2.14. The number of nitrogens with zero attached hydrogens (tertiary/aromatic N) is 3. The Morgan fingerprint density at radius 3 is 2.83 bits per heavy atom. The van der Waals surface area contributed by atoms with E-state index in [1.165, 1.54) is 6.20 Å². The molecular weight excluding hydrogens is 370 g/mol. The zero-order valence-electron chi connectivity index (χ0n) is 16.0. The summed E-state index contributed by atoms with van der Waals surface area (Å²) in [5.74, 6) is 1.41. The van der Waals surface area contributed by atoms with Crippen LogP contribution in [0.1, 0.15) is 17.4 Å². The van der Waals surface area contributed by atoms with E-state index >= 15 is 0 Å². The van der Waals surface area contributed by atoms with Crippen LogP contribution in [-0.2, 0) is 0 Å². The third kappa shape index (κ3) is 3.86. The van der Waals surface area contributed by atoms with E-state index in [4.69, 9.17) is 9.47 Å². The van der Waals surface area contributed by atoms with Crippen molar-refractivity contribution in [2.75, 3.05) is 19.0 Å². The molecule has 1 aromatic carbocycles. The maximum absolute atomic E-state index is 12.7. The average molecular weight is 389 g/mol. The summed E-state index contributed by atoms with van der Waals surface area (Å²) in [6, 6.07) is 11.1. The summed E-state index contributed by atoms with van der Waals surface area (Å²) in [7, 11) is 1.60. The van der Waals surface area contributed by atoms with Crippen LogP contribution in [0.25, 0.3) is 22.2 Å². The summed E-state index contributed by atoms with van der Waals surface area (Å²) >= 11 is 0. The minimum absolute atomic E-state index is 0.196. The SMILES string of the molecule is CCOc1ccc(-c2cncc(C(=O)Nc3cc4cccc(OC)c4[nH]3)n2)cn1. The number of aromatic amines is 1. The fourth-order valence-corrected chi connectivity index (χ4v) is 2.93. The van der Waals surface area contributed by atoms with Gasteiger partial charge in [0.25, 0.3) is 5.91 Å². The van der Waals surface area contributed by atoms with Crippen molar-refractivity contribution in [3.8, 4) is 22.9 Å². The molecule has 0 atom stereocenters. The molecule has 0 aliphatic heterocycles. The summed E-state index contributed by atoms with van der Waals surface area (Å²) in [6.45, 7) is 2.44. The highest BCUT2D eigenvalue weighted by atomic mass is 16.5. The number of fused-ring (bicyclic) bond motifs is 1. The highest BCUT2D eigenvalue weighted by Gasteiger charge is 2.13. The Morgan fingerprint density at radius 2 is 2.07 bits per heavy atom. The second-order valence-electron chi connectivity index (χ2n) is 6.17. The molecule has 0 aliphatic rings. The van der Waals surface area contributed by atoms with E-state index in [1.807, 2.05) is 37.3 Å². The lowest BCUT2D eigenvalue weighted by atomic mass is 10.2. The lowest BCUT2D eigenvalue weighted by Gasteiger charge is -2.06. The number of para-hydroxylation sites is 1. The molecule has 3 aromatic heterocycles. The molecule has 0 saturated heterocycles. The van der Waals surface area contributed by atoms with Gasteiger partial charge in [-0.2, -0.15) is 0 Å². The summed E-state index contributed by atoms with van der Waals surface area (Å²) in [5, 5.41) is 3.75. The van der Waals surface area contributed by atoms with E-state index in [0.717, 1.165) is 16.5 Å². The molecule has 0 fully saturated rings. The maximum Gasteiger partial charge on any atom is 0.276 e. The van der Waals surface area contributed by atoms with Gasteiger partial charge in [0.1, 0.15) is 17.3 Å². The molecule has 4 rings (SSSR count). The van der Waals surface area contributed by atoms with Gasteiger partial charge >= 0.3 is 0 Å². The van der Waals surface area contributed by atoms with E-state index in [-0.39, 0.29) is 11.6 Å². The molecule has 146 valence electrons. The van der Waals surface area contributed by atoms with E-state index in [0.29, 0.717) is 29.7 Å². The van der Waals surface area contributed by atoms with Gasteiger partial charge in [-0.25, -0.2) is 9.97 Å². The number of carbonyl (C=O) groups is 1. The van der Waals surface area contributed by atoms with E-state index < -0.39 is 0 Å². The van der Waals surface area contributed by atoms with Crippen LogP contribution in [0.5, 0.6) is 11.6 Å². The van der Waals surface area contributed by atoms with Crippen LogP contribution < -0.4 is 14.8 Å². The summed E-state index contributed by atoms with van der Waals surface area (Å²) < 4.78 is 10.7. The number of rotatable bonds is 6. The molecule has 1 amide bonds. The third-order valence-corrected chi connectivity index (χ3v) is 4.28. The van der Waals surface area contributed by atoms with Crippen molar-refractivity contribution >= 4 is 22.6 Å². The molecule has 0 radical (unpaired) electrons. The first-order chi connectivity index (χ1) is 14.2. The molecule has 4 aromatic rings. The third-order valence-electron chi connectivity index (χ3n) is 4.28. The van der Waals surface area contributed by atoms with Crippen LogP contribution in [-0.4, -0.2) is 39.6 Å². The standard InChI is InChI=1S/C21H19N5O3/c1-3-29-19-8-7-14(10-23-19)15-11-22-12-16(24-15)21(27)26-18-9-13-5-4-6-17(28-2)20(13)25-18/h4-12,25H,3H2,1-2H3,(H,26,27). The highest BCUT2D eigenvalue weighted by Crippen LogP contribution is 2.27. The second-order valence-corrected chi connectivity index (χ2v) is 6.17. The molecule has 0 aliphatic carbocycles. The largest absolute Gasteiger partial charge is 0.495 e. The van der Waals surface area contributed by atoms with Gasteiger partial charge in [0, 0.05) is 23.2 Å². The van der Waals surface area contributed by atoms with E-state index in [2.05, 4.69) is 25.3 Å². The number of pyridine rings is 1. The quantitative estimate of drug-likeness (QED) is 0.522. The molecule has 0 unspecified atom stereocenters. The Morgan fingerprint density at radius 1 is 1.17 bits per heavy atom. The van der Waals surface area contributed by atoms with Gasteiger partial charge in [-0.05, 0) is 25.1 Å². The van der Waals surface area contributed by atoms with Crippen LogP contribution in [0, 0.1) is 0 Å². The average Bonchev–Trinajstić information content (AvgIpc) is 3.17. The van der Waals surface area contributed by atoms with Gasteiger partial charge in [0.05, 0.1) is 37.3 Å². The van der Waals surface area contributed by atoms with Crippen molar-refractivity contribution in [2.24, 2.45) is 0 Å². The van der Waals surface area contributed by atoms with Gasteiger partial charge < -0.3 is 19.8 Å². The van der Waals surface area contributed by atoms with Gasteiger partial charge in [-0.15, -0.1) is 0 Å². The molecule has 0 spiro atoms. The van der Waals surface area contributed by atoms with Crippen LogP contribution in [0.2, 0.25) is 0 Å². The first-order valence-electron chi connectivity index (χ1n) is 9.06. The number of aromatic nitrogens is 4. The van der Waals surface area contributed by atoms with Crippen LogP contribution in [0.4, 0.5) is 5.82 Å². The molecular formula is C21H19N5O3. The summed E-state index contributed by atoms with van der Waals surface area (Å²) in [6.07, 6.45) is 4.65. The van der Waals surface area contributed by atoms with Crippen LogP contribution in [0.15, 0.2) is 55.0 Å². The zero-order chi connectivity index (χ0) is 20.2. The minimum Gasteiger partial charge on any atom is -0.495 e. The Hall–Kier alpha value is -3.94. The van der Waals surface area contributed by atoms with Crippen molar-refractivity contribution in [2.45, 2.75) is 6.92 Å². The smallest absolute Gasteiger partial charge is 0.276 e. The molecule has 0 bridgehead atoms. The molecule has 29 heavy (non-hydrogen) atoms. The van der Waals surface area contributed by atoms with Gasteiger partial charge in [-0.1, -0.05) is 12.1 Å². The Kier molecular flexibility index (Phi) is 5.07. The Balaban J connectivity index is 1.56. The molecule has 8 nitrogen and oxygen atoms in total. The van der Waals surface area contributed by atoms with Crippen molar-refractivity contribution in [1.82, 2.24) is 19.9 Å². The van der Waals surface area contributed by atoms with Gasteiger partial charge in [0.15, 0.2) is 0 Å². The van der Waals surface area contributed by atoms with Gasteiger partial charge in [-0.3, -0.25) is 9.78 Å². The molecule has 3 heterocycles. The first-order valence-corrected chi connectivity index (χ1v) is 9.06. The van der Waals surface area contributed by atoms with Crippen LogP contribution >= 0.6 is 0 Å². The predicted molar refractivity (Wildman–Crippen MR) is 109 cm³/mol. The number of ether oxygens (including phenoxy) is 2. The number of hydrogen-bond acceptors (Lipinski definition) is 6. The van der Waals surface area contributed by atoms with Crippen molar-refractivity contribution in [3.05, 3.63) is 60.7 Å². The molecule has 8 heteroatoms. The molecule has 0 saturated carbocycles. The number of benzene rings is 1. The Bertz CT molecular complexity index is 1150. The van der Waals surface area contributed by atoms with Crippen molar-refractivity contribution in [1.29, 1.82) is 0 Å². The topological polar surface area (TPSA) is 102 Å². The first kappa shape index (κ1) is 18.4. The monoisotopic (exact) mass is 389 g/mol. The number of amides is 1. The summed E-state index contributed by atoms with van der Waals surface area (Å²) in [4.78, 5) is 28.6. The van der Waals surface area contributed by atoms with Gasteiger partial charge in [0.2, 0.25) is 5.88 Å². The number of methoxy groups -OCH3 is 1. The van der Waals surface area contributed by atoms with E-state index in [1.54, 1.807) is 25.6 Å². The number of nitrogens with one attached hydrogen (secondary N) is 2. The van der Waals surface area contributed by atoms with Crippen molar-refractivity contribution in [3.63, 3.8) is 0 Å².